The molecule has 1 rings (SSSR count). The van der Waals surface area contributed by atoms with Gasteiger partial charge in [0.2, 0.25) is 0 Å². The summed E-state index contributed by atoms with van der Waals surface area (Å²) in [4.78, 5) is 10.7. The van der Waals surface area contributed by atoms with Crippen molar-refractivity contribution in [3.8, 4) is 5.75 Å². The summed E-state index contributed by atoms with van der Waals surface area (Å²) >= 11 is 0. The van der Waals surface area contributed by atoms with Crippen LogP contribution in [0.2, 0.25) is 0 Å². The molecule has 0 aliphatic rings. The third-order valence-electron chi connectivity index (χ3n) is 1.95. The zero-order chi connectivity index (χ0) is 10.6. The third kappa shape index (κ3) is 2.36. The number of ether oxygens (including phenoxy) is 1. The number of rotatable bonds is 4. The van der Waals surface area contributed by atoms with Crippen molar-refractivity contribution in [3.05, 3.63) is 42.7 Å². The SMILES string of the molecule is C=COc1cccc(C(C)C(=O)O)c1. The molecule has 0 spiro atoms. The first-order valence-electron chi connectivity index (χ1n) is 4.25. The molecule has 0 bridgehead atoms. The van der Waals surface area contributed by atoms with Gasteiger partial charge in [0.1, 0.15) is 5.75 Å². The van der Waals surface area contributed by atoms with Crippen LogP contribution in [-0.2, 0) is 4.79 Å². The van der Waals surface area contributed by atoms with Gasteiger partial charge >= 0.3 is 5.97 Å². The molecule has 14 heavy (non-hydrogen) atoms. The molecule has 3 nitrogen and oxygen atoms in total. The number of carboxylic acids is 1. The second-order valence-corrected chi connectivity index (χ2v) is 2.92. The summed E-state index contributed by atoms with van der Waals surface area (Å²) in [6.07, 6.45) is 1.31. The maximum Gasteiger partial charge on any atom is 0.310 e. The Labute approximate surface area is 82.6 Å². The number of benzene rings is 1. The van der Waals surface area contributed by atoms with E-state index < -0.39 is 11.9 Å². The molecule has 0 aliphatic carbocycles. The van der Waals surface area contributed by atoms with Crippen molar-refractivity contribution in [3.63, 3.8) is 0 Å². The van der Waals surface area contributed by atoms with E-state index >= 15 is 0 Å². The summed E-state index contributed by atoms with van der Waals surface area (Å²) < 4.78 is 5.05. The molecule has 0 aliphatic heterocycles. The fraction of sp³-hybridized carbons (Fsp3) is 0.182. The summed E-state index contributed by atoms with van der Waals surface area (Å²) in [5.41, 5.74) is 0.719. The van der Waals surface area contributed by atoms with Crippen LogP contribution >= 0.6 is 0 Å². The smallest absolute Gasteiger partial charge is 0.310 e. The summed E-state index contributed by atoms with van der Waals surface area (Å²) in [6.45, 7) is 5.06. The Morgan fingerprint density at radius 3 is 2.93 bits per heavy atom. The molecule has 74 valence electrons. The van der Waals surface area contributed by atoms with Gasteiger partial charge in [0.25, 0.3) is 0 Å². The highest BCUT2D eigenvalue weighted by Gasteiger charge is 2.13. The first-order chi connectivity index (χ1) is 6.65. The average molecular weight is 192 g/mol. The van der Waals surface area contributed by atoms with Gasteiger partial charge in [-0.25, -0.2) is 0 Å². The molecule has 0 saturated heterocycles. The molecule has 1 aromatic carbocycles. The number of carbonyl (C=O) groups is 1. The Balaban J connectivity index is 2.92. The monoisotopic (exact) mass is 192 g/mol. The lowest BCUT2D eigenvalue weighted by atomic mass is 10.0. The standard InChI is InChI=1S/C11H12O3/c1-3-14-10-6-4-5-9(7-10)8(2)11(12)13/h3-8H,1H2,2H3,(H,12,13). The van der Waals surface area contributed by atoms with Crippen LogP contribution in [-0.4, -0.2) is 11.1 Å². The fourth-order valence-electron chi connectivity index (χ4n) is 1.10. The largest absolute Gasteiger partial charge is 0.481 e. The molecule has 0 radical (unpaired) electrons. The van der Waals surface area contributed by atoms with Crippen molar-refractivity contribution in [1.29, 1.82) is 0 Å². The molecule has 0 aromatic heterocycles. The Kier molecular flexibility index (Phi) is 3.29. The number of hydrogen-bond acceptors (Lipinski definition) is 2. The number of carboxylic acid groups (broad SMARTS) is 1. The summed E-state index contributed by atoms with van der Waals surface area (Å²) in [6, 6.07) is 6.96. The zero-order valence-electron chi connectivity index (χ0n) is 7.93. The van der Waals surface area contributed by atoms with Crippen LogP contribution in [0.15, 0.2) is 37.1 Å². The van der Waals surface area contributed by atoms with Crippen LogP contribution in [0.25, 0.3) is 0 Å². The molecular weight excluding hydrogens is 180 g/mol. The van der Waals surface area contributed by atoms with Gasteiger partial charge in [-0.2, -0.15) is 0 Å². The number of aliphatic carboxylic acids is 1. The van der Waals surface area contributed by atoms with Gasteiger partial charge in [0, 0.05) is 0 Å². The second-order valence-electron chi connectivity index (χ2n) is 2.92. The maximum atomic E-state index is 10.7. The van der Waals surface area contributed by atoms with Gasteiger partial charge in [-0.1, -0.05) is 18.7 Å². The molecule has 3 heteroatoms. The molecule has 1 aromatic rings. The van der Waals surface area contributed by atoms with E-state index in [1.54, 1.807) is 31.2 Å². The summed E-state index contributed by atoms with van der Waals surface area (Å²) in [5.74, 6) is -0.769. The normalized spacial score (nSPS) is 11.8. The van der Waals surface area contributed by atoms with Gasteiger partial charge in [-0.3, -0.25) is 4.79 Å². The molecule has 0 saturated carbocycles. The van der Waals surface area contributed by atoms with Crippen molar-refractivity contribution < 1.29 is 14.6 Å². The van der Waals surface area contributed by atoms with Gasteiger partial charge in [0.15, 0.2) is 0 Å². The lowest BCUT2D eigenvalue weighted by molar-refractivity contribution is -0.138. The molecule has 0 fully saturated rings. The Morgan fingerprint density at radius 2 is 2.36 bits per heavy atom. The predicted octanol–water partition coefficient (Wildman–Crippen LogP) is 2.40. The third-order valence-corrected chi connectivity index (χ3v) is 1.95. The molecular formula is C11H12O3. The Hall–Kier alpha value is -1.77. The van der Waals surface area contributed by atoms with Gasteiger partial charge in [0.05, 0.1) is 12.2 Å². The predicted molar refractivity (Wildman–Crippen MR) is 53.3 cm³/mol. The minimum Gasteiger partial charge on any atom is -0.481 e. The van der Waals surface area contributed by atoms with Crippen LogP contribution < -0.4 is 4.74 Å². The Morgan fingerprint density at radius 1 is 1.64 bits per heavy atom. The van der Waals surface area contributed by atoms with E-state index in [2.05, 4.69) is 6.58 Å². The van der Waals surface area contributed by atoms with Gasteiger partial charge in [-0.15, -0.1) is 0 Å². The minimum atomic E-state index is -0.847. The Bertz CT molecular complexity index is 344. The van der Waals surface area contributed by atoms with Crippen molar-refractivity contribution >= 4 is 5.97 Å². The first-order valence-corrected chi connectivity index (χ1v) is 4.25. The highest BCUT2D eigenvalue weighted by Crippen LogP contribution is 2.20. The quantitative estimate of drug-likeness (QED) is 0.745. The molecule has 0 amide bonds. The van der Waals surface area contributed by atoms with E-state index in [0.29, 0.717) is 5.75 Å². The topological polar surface area (TPSA) is 46.5 Å². The van der Waals surface area contributed by atoms with E-state index in [-0.39, 0.29) is 0 Å². The van der Waals surface area contributed by atoms with Crippen LogP contribution in [0.4, 0.5) is 0 Å². The van der Waals surface area contributed by atoms with Crippen molar-refractivity contribution in [1.82, 2.24) is 0 Å². The molecule has 1 N–H and O–H groups in total. The van der Waals surface area contributed by atoms with Crippen LogP contribution in [0, 0.1) is 0 Å². The minimum absolute atomic E-state index is 0.525. The molecule has 1 atom stereocenters. The molecule has 1 unspecified atom stereocenters. The zero-order valence-corrected chi connectivity index (χ0v) is 7.93. The fourth-order valence-corrected chi connectivity index (χ4v) is 1.10. The lowest BCUT2D eigenvalue weighted by Gasteiger charge is -2.07. The molecule has 0 heterocycles. The summed E-state index contributed by atoms with van der Waals surface area (Å²) in [7, 11) is 0. The van der Waals surface area contributed by atoms with Crippen LogP contribution in [0.5, 0.6) is 5.75 Å². The van der Waals surface area contributed by atoms with Gasteiger partial charge < -0.3 is 9.84 Å². The van der Waals surface area contributed by atoms with Crippen LogP contribution in [0.3, 0.4) is 0 Å². The van der Waals surface area contributed by atoms with Crippen LogP contribution in [0.1, 0.15) is 18.4 Å². The lowest BCUT2D eigenvalue weighted by Crippen LogP contribution is -2.07. The van der Waals surface area contributed by atoms with Gasteiger partial charge in [-0.05, 0) is 24.6 Å². The van der Waals surface area contributed by atoms with E-state index in [9.17, 15) is 4.79 Å². The number of hydrogen-bond donors (Lipinski definition) is 1. The van der Waals surface area contributed by atoms with E-state index in [4.69, 9.17) is 9.84 Å². The van der Waals surface area contributed by atoms with E-state index in [1.165, 1.54) is 6.26 Å². The van der Waals surface area contributed by atoms with Crippen molar-refractivity contribution in [2.45, 2.75) is 12.8 Å². The summed E-state index contributed by atoms with van der Waals surface area (Å²) in [5, 5.41) is 8.80. The van der Waals surface area contributed by atoms with E-state index in [1.807, 2.05) is 0 Å². The van der Waals surface area contributed by atoms with E-state index in [0.717, 1.165) is 5.56 Å². The highest BCUT2D eigenvalue weighted by molar-refractivity contribution is 5.75. The van der Waals surface area contributed by atoms with Crippen molar-refractivity contribution in [2.75, 3.05) is 0 Å². The maximum absolute atomic E-state index is 10.7. The first kappa shape index (κ1) is 10.3. The van der Waals surface area contributed by atoms with Crippen molar-refractivity contribution in [2.24, 2.45) is 0 Å². The highest BCUT2D eigenvalue weighted by atomic mass is 16.5. The second kappa shape index (κ2) is 4.46. The average Bonchev–Trinajstić information content (AvgIpc) is 2.17.